The molecule has 0 unspecified atom stereocenters. The number of rotatable bonds is 6. The van der Waals surface area contributed by atoms with Gasteiger partial charge in [0.15, 0.2) is 5.11 Å². The lowest BCUT2D eigenvalue weighted by Crippen LogP contribution is -2.31. The summed E-state index contributed by atoms with van der Waals surface area (Å²) in [5, 5.41) is 4.68. The van der Waals surface area contributed by atoms with Gasteiger partial charge in [0.1, 0.15) is 11.8 Å². The second kappa shape index (κ2) is 9.10. The molecular weight excluding hydrogens is 444 g/mol. The van der Waals surface area contributed by atoms with E-state index in [4.69, 9.17) is 33.3 Å². The smallest absolute Gasteiger partial charge is 0.174 e. The number of halogens is 1. The molecule has 1 aromatic carbocycles. The number of hydrogen-bond acceptors (Lipinski definition) is 4. The fourth-order valence-electron chi connectivity index (χ4n) is 4.61. The lowest BCUT2D eigenvalue weighted by Gasteiger charge is -2.29. The van der Waals surface area contributed by atoms with Crippen LogP contribution in [0.15, 0.2) is 60.9 Å². The van der Waals surface area contributed by atoms with E-state index in [-0.39, 0.29) is 18.2 Å². The van der Waals surface area contributed by atoms with Crippen molar-refractivity contribution >= 4 is 34.6 Å². The third-order valence-electron chi connectivity index (χ3n) is 6.10. The summed E-state index contributed by atoms with van der Waals surface area (Å²) < 4.78 is 13.5. The zero-order valence-corrected chi connectivity index (χ0v) is 19.4. The molecule has 2 aromatic heterocycles. The molecule has 0 spiro atoms. The Kier molecular flexibility index (Phi) is 6.04. The molecule has 2 saturated heterocycles. The fourth-order valence-corrected chi connectivity index (χ4v) is 5.21. The van der Waals surface area contributed by atoms with Crippen molar-refractivity contribution in [1.82, 2.24) is 14.9 Å². The Hall–Kier alpha value is -2.61. The molecule has 0 amide bonds. The summed E-state index contributed by atoms with van der Waals surface area (Å²) in [6.07, 6.45) is 6.37. The molecule has 32 heavy (non-hydrogen) atoms. The van der Waals surface area contributed by atoms with Gasteiger partial charge < -0.3 is 24.3 Å². The van der Waals surface area contributed by atoms with Crippen molar-refractivity contribution in [3.8, 4) is 5.75 Å². The van der Waals surface area contributed by atoms with Crippen LogP contribution in [0.25, 0.3) is 0 Å². The molecule has 6 nitrogen and oxygen atoms in total. The van der Waals surface area contributed by atoms with E-state index >= 15 is 0 Å². The monoisotopic (exact) mass is 468 g/mol. The van der Waals surface area contributed by atoms with Crippen molar-refractivity contribution in [2.24, 2.45) is 0 Å². The van der Waals surface area contributed by atoms with Gasteiger partial charge >= 0.3 is 0 Å². The SMILES string of the molecule is COc1ccc(N2C(=S)N[C@@H](c3ccccn3)[C@H]2c2cccn2C[C@@H]2CCCO2)cc1Cl. The molecule has 3 aromatic rings. The molecule has 4 heterocycles. The topological polar surface area (TPSA) is 51.5 Å². The van der Waals surface area contributed by atoms with Crippen LogP contribution in [0.1, 0.15) is 36.3 Å². The largest absolute Gasteiger partial charge is 0.495 e. The van der Waals surface area contributed by atoms with Crippen LogP contribution >= 0.6 is 23.8 Å². The van der Waals surface area contributed by atoms with Crippen LogP contribution in [-0.4, -0.2) is 34.5 Å². The molecule has 2 aliphatic rings. The van der Waals surface area contributed by atoms with E-state index in [1.54, 1.807) is 7.11 Å². The Morgan fingerprint density at radius 3 is 2.88 bits per heavy atom. The number of pyridine rings is 1. The van der Waals surface area contributed by atoms with Gasteiger partial charge in [0, 0.05) is 36.9 Å². The molecule has 3 atom stereocenters. The summed E-state index contributed by atoms with van der Waals surface area (Å²) in [5.74, 6) is 0.632. The van der Waals surface area contributed by atoms with E-state index in [2.05, 4.69) is 38.1 Å². The van der Waals surface area contributed by atoms with Crippen molar-refractivity contribution in [1.29, 1.82) is 0 Å². The van der Waals surface area contributed by atoms with E-state index in [1.165, 1.54) is 0 Å². The van der Waals surface area contributed by atoms with Crippen LogP contribution in [0.2, 0.25) is 5.02 Å². The molecule has 2 aliphatic heterocycles. The Morgan fingerprint density at radius 2 is 2.16 bits per heavy atom. The number of thiocarbonyl (C=S) groups is 1. The predicted octanol–water partition coefficient (Wildman–Crippen LogP) is 4.90. The van der Waals surface area contributed by atoms with Crippen molar-refractivity contribution in [3.05, 3.63) is 77.3 Å². The van der Waals surface area contributed by atoms with Crippen LogP contribution in [0.4, 0.5) is 5.69 Å². The number of ether oxygens (including phenoxy) is 2. The summed E-state index contributed by atoms with van der Waals surface area (Å²) in [5.41, 5.74) is 2.99. The third kappa shape index (κ3) is 3.96. The maximum absolute atomic E-state index is 6.48. The molecule has 0 saturated carbocycles. The van der Waals surface area contributed by atoms with Crippen molar-refractivity contribution < 1.29 is 9.47 Å². The number of benzene rings is 1. The molecule has 166 valence electrons. The summed E-state index contributed by atoms with van der Waals surface area (Å²) in [7, 11) is 1.61. The van der Waals surface area contributed by atoms with Crippen LogP contribution in [0, 0.1) is 0 Å². The highest BCUT2D eigenvalue weighted by Gasteiger charge is 2.42. The molecule has 0 radical (unpaired) electrons. The van der Waals surface area contributed by atoms with Gasteiger partial charge in [-0.15, -0.1) is 0 Å². The third-order valence-corrected chi connectivity index (χ3v) is 6.71. The first kappa shape index (κ1) is 21.2. The predicted molar refractivity (Wildman–Crippen MR) is 129 cm³/mol. The average molecular weight is 469 g/mol. The lowest BCUT2D eigenvalue weighted by molar-refractivity contribution is 0.0961. The maximum atomic E-state index is 6.48. The molecule has 2 fully saturated rings. The first-order valence-corrected chi connectivity index (χ1v) is 11.5. The van der Waals surface area contributed by atoms with Gasteiger partial charge in [-0.05, 0) is 67.5 Å². The van der Waals surface area contributed by atoms with Crippen LogP contribution < -0.4 is 15.0 Å². The molecule has 0 aliphatic carbocycles. The zero-order valence-electron chi connectivity index (χ0n) is 17.8. The van der Waals surface area contributed by atoms with Gasteiger partial charge in [-0.1, -0.05) is 17.7 Å². The average Bonchev–Trinajstić information content (AvgIpc) is 3.55. The summed E-state index contributed by atoms with van der Waals surface area (Å²) in [6.45, 7) is 1.65. The first-order valence-electron chi connectivity index (χ1n) is 10.8. The summed E-state index contributed by atoms with van der Waals surface area (Å²) in [4.78, 5) is 6.76. The van der Waals surface area contributed by atoms with Gasteiger partial charge in [0.25, 0.3) is 0 Å². The van der Waals surface area contributed by atoms with E-state index in [0.29, 0.717) is 15.9 Å². The lowest BCUT2D eigenvalue weighted by atomic mass is 10.0. The minimum Gasteiger partial charge on any atom is -0.495 e. The Labute approximate surface area is 198 Å². The van der Waals surface area contributed by atoms with Crippen molar-refractivity contribution in [2.75, 3.05) is 18.6 Å². The van der Waals surface area contributed by atoms with Crippen molar-refractivity contribution in [3.63, 3.8) is 0 Å². The highest BCUT2D eigenvalue weighted by molar-refractivity contribution is 7.80. The second-order valence-corrected chi connectivity index (χ2v) is 8.83. The van der Waals surface area contributed by atoms with E-state index in [9.17, 15) is 0 Å². The number of nitrogens with zero attached hydrogens (tertiary/aromatic N) is 3. The second-order valence-electron chi connectivity index (χ2n) is 8.04. The van der Waals surface area contributed by atoms with Gasteiger partial charge in [0.05, 0.1) is 30.0 Å². The molecule has 0 bridgehead atoms. The van der Waals surface area contributed by atoms with E-state index < -0.39 is 0 Å². The minimum atomic E-state index is -0.109. The fraction of sp³-hybridized carbons (Fsp3) is 0.333. The molecule has 1 N–H and O–H groups in total. The Bertz CT molecular complexity index is 1100. The minimum absolute atomic E-state index is 0.0988. The number of anilines is 1. The van der Waals surface area contributed by atoms with E-state index in [1.807, 2.05) is 42.6 Å². The Morgan fingerprint density at radius 1 is 1.25 bits per heavy atom. The first-order chi connectivity index (χ1) is 15.7. The van der Waals surface area contributed by atoms with Crippen molar-refractivity contribution in [2.45, 2.75) is 37.6 Å². The van der Waals surface area contributed by atoms with Crippen LogP contribution in [0.3, 0.4) is 0 Å². The van der Waals surface area contributed by atoms with Gasteiger partial charge in [0.2, 0.25) is 0 Å². The highest BCUT2D eigenvalue weighted by Crippen LogP contribution is 2.43. The number of nitrogens with one attached hydrogen (secondary N) is 1. The number of methoxy groups -OCH3 is 1. The van der Waals surface area contributed by atoms with E-state index in [0.717, 1.165) is 43.1 Å². The van der Waals surface area contributed by atoms with Crippen LogP contribution in [-0.2, 0) is 11.3 Å². The van der Waals surface area contributed by atoms with Gasteiger partial charge in [-0.2, -0.15) is 0 Å². The van der Waals surface area contributed by atoms with Gasteiger partial charge in [-0.3, -0.25) is 4.98 Å². The number of hydrogen-bond donors (Lipinski definition) is 1. The quantitative estimate of drug-likeness (QED) is 0.519. The summed E-state index contributed by atoms with van der Waals surface area (Å²) >= 11 is 12.3. The normalized spacial score (nSPS) is 22.9. The molecule has 8 heteroatoms. The Balaban J connectivity index is 1.58. The van der Waals surface area contributed by atoms with Gasteiger partial charge in [-0.25, -0.2) is 0 Å². The summed E-state index contributed by atoms with van der Waals surface area (Å²) in [6, 6.07) is 15.7. The highest BCUT2D eigenvalue weighted by atomic mass is 35.5. The zero-order chi connectivity index (χ0) is 22.1. The molecule has 5 rings (SSSR count). The van der Waals surface area contributed by atoms with Crippen LogP contribution in [0.5, 0.6) is 5.75 Å². The standard InChI is InChI=1S/C24H25ClN4O2S/c1-30-21-10-9-16(14-18(21)25)29-23(22(27-24(29)32)19-7-2-3-11-26-19)20-8-4-12-28(20)15-17-6-5-13-31-17/h2-4,7-12,14,17,22-23H,5-6,13,15H2,1H3,(H,27,32)/t17-,22-,23+/m0/s1. The molecular formula is C24H25ClN4O2S. The number of aromatic nitrogens is 2. The maximum Gasteiger partial charge on any atom is 0.174 e.